The van der Waals surface area contributed by atoms with E-state index in [1.54, 1.807) is 0 Å². The topological polar surface area (TPSA) is 70.3 Å². The standard InChI is InChI=1S/C15H19N3O2/c1-3-19-14-11(2)15(18-10-17-14)20-13-6-4-12(5-7-13)8-9-16/h4-7,10H,3,8-9,16H2,1-2H3. The maximum atomic E-state index is 5.77. The molecule has 20 heavy (non-hydrogen) atoms. The zero-order valence-electron chi connectivity index (χ0n) is 11.8. The third-order valence-corrected chi connectivity index (χ3v) is 2.84. The summed E-state index contributed by atoms with van der Waals surface area (Å²) in [6.45, 7) is 5.00. The average Bonchev–Trinajstić information content (AvgIpc) is 2.46. The van der Waals surface area contributed by atoms with Gasteiger partial charge in [0.05, 0.1) is 12.2 Å². The molecule has 0 saturated heterocycles. The van der Waals surface area contributed by atoms with Gasteiger partial charge in [0, 0.05) is 0 Å². The zero-order valence-corrected chi connectivity index (χ0v) is 11.8. The minimum Gasteiger partial charge on any atom is -0.478 e. The van der Waals surface area contributed by atoms with Crippen molar-refractivity contribution in [1.29, 1.82) is 0 Å². The molecule has 106 valence electrons. The smallest absolute Gasteiger partial charge is 0.229 e. The first-order chi connectivity index (χ1) is 9.74. The monoisotopic (exact) mass is 273 g/mol. The maximum Gasteiger partial charge on any atom is 0.229 e. The second-order valence-electron chi connectivity index (χ2n) is 4.33. The van der Waals surface area contributed by atoms with Crippen LogP contribution in [0.2, 0.25) is 0 Å². The molecule has 0 radical (unpaired) electrons. The first kappa shape index (κ1) is 14.3. The Balaban J connectivity index is 2.15. The summed E-state index contributed by atoms with van der Waals surface area (Å²) in [5.74, 6) is 1.79. The Hall–Kier alpha value is -2.14. The Labute approximate surface area is 118 Å². The van der Waals surface area contributed by atoms with E-state index in [-0.39, 0.29) is 0 Å². The van der Waals surface area contributed by atoms with Gasteiger partial charge < -0.3 is 15.2 Å². The van der Waals surface area contributed by atoms with Crippen molar-refractivity contribution >= 4 is 0 Å². The van der Waals surface area contributed by atoms with E-state index < -0.39 is 0 Å². The Bertz CT molecular complexity index is 556. The van der Waals surface area contributed by atoms with Crippen LogP contribution in [0.3, 0.4) is 0 Å². The molecule has 0 spiro atoms. The van der Waals surface area contributed by atoms with Crippen LogP contribution in [0.5, 0.6) is 17.5 Å². The van der Waals surface area contributed by atoms with Crippen LogP contribution in [0.25, 0.3) is 0 Å². The third-order valence-electron chi connectivity index (χ3n) is 2.84. The number of aromatic nitrogens is 2. The zero-order chi connectivity index (χ0) is 14.4. The van der Waals surface area contributed by atoms with Gasteiger partial charge in [0.1, 0.15) is 12.1 Å². The van der Waals surface area contributed by atoms with E-state index in [0.29, 0.717) is 24.9 Å². The van der Waals surface area contributed by atoms with Gasteiger partial charge in [-0.05, 0) is 44.5 Å². The molecule has 0 unspecified atom stereocenters. The molecule has 2 N–H and O–H groups in total. The van der Waals surface area contributed by atoms with Gasteiger partial charge in [0.25, 0.3) is 0 Å². The minimum absolute atomic E-state index is 0.509. The van der Waals surface area contributed by atoms with Gasteiger partial charge in [-0.25, -0.2) is 9.97 Å². The second kappa shape index (κ2) is 6.86. The lowest BCUT2D eigenvalue weighted by atomic mass is 10.1. The van der Waals surface area contributed by atoms with Crippen LogP contribution in [-0.2, 0) is 6.42 Å². The highest BCUT2D eigenvalue weighted by molar-refractivity contribution is 5.37. The third kappa shape index (κ3) is 3.45. The molecule has 0 bridgehead atoms. The van der Waals surface area contributed by atoms with Crippen molar-refractivity contribution in [3.8, 4) is 17.5 Å². The molecular formula is C15H19N3O2. The lowest BCUT2D eigenvalue weighted by molar-refractivity contribution is 0.319. The van der Waals surface area contributed by atoms with E-state index >= 15 is 0 Å². The SMILES string of the molecule is CCOc1ncnc(Oc2ccc(CCN)cc2)c1C. The average molecular weight is 273 g/mol. The fraction of sp³-hybridized carbons (Fsp3) is 0.333. The van der Waals surface area contributed by atoms with Gasteiger partial charge in [-0.15, -0.1) is 0 Å². The van der Waals surface area contributed by atoms with Crippen molar-refractivity contribution in [2.24, 2.45) is 5.73 Å². The Morgan fingerprint density at radius 2 is 1.80 bits per heavy atom. The molecule has 2 aromatic rings. The van der Waals surface area contributed by atoms with Crippen LogP contribution in [0, 0.1) is 6.92 Å². The fourth-order valence-corrected chi connectivity index (χ4v) is 1.81. The number of hydrogen-bond donors (Lipinski definition) is 1. The van der Waals surface area contributed by atoms with Crippen LogP contribution in [0.4, 0.5) is 0 Å². The molecule has 0 amide bonds. The fourth-order valence-electron chi connectivity index (χ4n) is 1.81. The molecule has 0 fully saturated rings. The molecular weight excluding hydrogens is 254 g/mol. The van der Waals surface area contributed by atoms with Crippen molar-refractivity contribution in [1.82, 2.24) is 9.97 Å². The predicted octanol–water partition coefficient (Wildman–Crippen LogP) is 2.48. The van der Waals surface area contributed by atoms with Crippen molar-refractivity contribution < 1.29 is 9.47 Å². The minimum atomic E-state index is 0.509. The van der Waals surface area contributed by atoms with E-state index in [2.05, 4.69) is 9.97 Å². The highest BCUT2D eigenvalue weighted by Gasteiger charge is 2.09. The molecule has 1 aromatic heterocycles. The molecule has 2 rings (SSSR count). The largest absolute Gasteiger partial charge is 0.478 e. The lowest BCUT2D eigenvalue weighted by Gasteiger charge is -2.10. The highest BCUT2D eigenvalue weighted by atomic mass is 16.5. The Morgan fingerprint density at radius 3 is 2.45 bits per heavy atom. The number of nitrogens with two attached hydrogens (primary N) is 1. The summed E-state index contributed by atoms with van der Waals surface area (Å²) in [4.78, 5) is 8.22. The molecule has 0 saturated carbocycles. The number of ether oxygens (including phenoxy) is 2. The number of rotatable bonds is 6. The number of hydrogen-bond acceptors (Lipinski definition) is 5. The van der Waals surface area contributed by atoms with Crippen molar-refractivity contribution in [3.63, 3.8) is 0 Å². The van der Waals surface area contributed by atoms with E-state index in [9.17, 15) is 0 Å². The van der Waals surface area contributed by atoms with Crippen molar-refractivity contribution in [2.75, 3.05) is 13.2 Å². The van der Waals surface area contributed by atoms with E-state index in [1.165, 1.54) is 11.9 Å². The van der Waals surface area contributed by atoms with E-state index in [1.807, 2.05) is 38.1 Å². The van der Waals surface area contributed by atoms with Gasteiger partial charge >= 0.3 is 0 Å². The van der Waals surface area contributed by atoms with Gasteiger partial charge in [-0.3, -0.25) is 0 Å². The number of nitrogens with zero attached hydrogens (tertiary/aromatic N) is 2. The van der Waals surface area contributed by atoms with Crippen LogP contribution in [0.1, 0.15) is 18.1 Å². The Morgan fingerprint density at radius 1 is 1.10 bits per heavy atom. The molecule has 0 aliphatic rings. The van der Waals surface area contributed by atoms with Crippen LogP contribution in [-0.4, -0.2) is 23.1 Å². The highest BCUT2D eigenvalue weighted by Crippen LogP contribution is 2.27. The predicted molar refractivity (Wildman–Crippen MR) is 77.2 cm³/mol. The first-order valence-corrected chi connectivity index (χ1v) is 6.65. The summed E-state index contributed by atoms with van der Waals surface area (Å²) in [6.07, 6.45) is 2.30. The number of benzene rings is 1. The second-order valence-corrected chi connectivity index (χ2v) is 4.33. The van der Waals surface area contributed by atoms with E-state index in [0.717, 1.165) is 17.7 Å². The molecule has 1 heterocycles. The summed E-state index contributed by atoms with van der Waals surface area (Å²) in [6, 6.07) is 7.82. The molecule has 5 heteroatoms. The van der Waals surface area contributed by atoms with Gasteiger partial charge in [-0.1, -0.05) is 12.1 Å². The summed E-state index contributed by atoms with van der Waals surface area (Å²) < 4.78 is 11.2. The summed E-state index contributed by atoms with van der Waals surface area (Å²) >= 11 is 0. The maximum absolute atomic E-state index is 5.77. The normalized spacial score (nSPS) is 10.3. The quantitative estimate of drug-likeness (QED) is 0.875. The van der Waals surface area contributed by atoms with Gasteiger partial charge in [-0.2, -0.15) is 0 Å². The molecule has 0 atom stereocenters. The summed E-state index contributed by atoms with van der Waals surface area (Å²) in [5.41, 5.74) is 7.51. The van der Waals surface area contributed by atoms with Crippen LogP contribution < -0.4 is 15.2 Å². The van der Waals surface area contributed by atoms with Gasteiger partial charge in [0.15, 0.2) is 0 Å². The molecule has 1 aromatic carbocycles. The molecule has 5 nitrogen and oxygen atoms in total. The van der Waals surface area contributed by atoms with E-state index in [4.69, 9.17) is 15.2 Å². The Kier molecular flexibility index (Phi) is 4.90. The molecule has 0 aliphatic carbocycles. The van der Waals surface area contributed by atoms with Gasteiger partial charge in [0.2, 0.25) is 11.8 Å². The van der Waals surface area contributed by atoms with Crippen molar-refractivity contribution in [3.05, 3.63) is 41.7 Å². The van der Waals surface area contributed by atoms with Crippen LogP contribution in [0.15, 0.2) is 30.6 Å². The first-order valence-electron chi connectivity index (χ1n) is 6.65. The lowest BCUT2D eigenvalue weighted by Crippen LogP contribution is -2.02. The van der Waals surface area contributed by atoms with Crippen LogP contribution >= 0.6 is 0 Å². The summed E-state index contributed by atoms with van der Waals surface area (Å²) in [5, 5.41) is 0. The summed E-state index contributed by atoms with van der Waals surface area (Å²) in [7, 11) is 0. The van der Waals surface area contributed by atoms with Crippen molar-refractivity contribution in [2.45, 2.75) is 20.3 Å². The molecule has 0 aliphatic heterocycles.